The van der Waals surface area contributed by atoms with Crippen LogP contribution >= 0.6 is 0 Å². The van der Waals surface area contributed by atoms with E-state index in [1.165, 1.54) is 0 Å². The second kappa shape index (κ2) is 4.59. The second-order valence-corrected chi connectivity index (χ2v) is 4.13. The number of aryl methyl sites for hydroxylation is 1. The quantitative estimate of drug-likeness (QED) is 0.881. The van der Waals surface area contributed by atoms with Crippen LogP contribution in [0.1, 0.15) is 24.2 Å². The predicted octanol–water partition coefficient (Wildman–Crippen LogP) is 2.21. The first-order chi connectivity index (χ1) is 8.13. The number of hydrogen-bond acceptors (Lipinski definition) is 3. The smallest absolute Gasteiger partial charge is 0.120 e. The fourth-order valence-corrected chi connectivity index (χ4v) is 1.82. The molecule has 2 aromatic rings. The topological polar surface area (TPSA) is 53.1 Å². The zero-order valence-electron chi connectivity index (χ0n) is 10.3. The summed E-state index contributed by atoms with van der Waals surface area (Å²) in [4.78, 5) is 4.16. The molecule has 0 unspecified atom stereocenters. The predicted molar refractivity (Wildman–Crippen MR) is 67.5 cm³/mol. The van der Waals surface area contributed by atoms with Gasteiger partial charge in [0.05, 0.1) is 31.0 Å². The molecule has 0 bridgehead atoms. The maximum Gasteiger partial charge on any atom is 0.120 e. The van der Waals surface area contributed by atoms with Gasteiger partial charge in [0.2, 0.25) is 0 Å². The van der Waals surface area contributed by atoms with Crippen LogP contribution in [0.15, 0.2) is 30.7 Å². The monoisotopic (exact) mass is 231 g/mol. The van der Waals surface area contributed by atoms with Crippen LogP contribution in [0.2, 0.25) is 0 Å². The molecule has 1 aromatic heterocycles. The van der Waals surface area contributed by atoms with Crippen LogP contribution in [-0.4, -0.2) is 16.7 Å². The van der Waals surface area contributed by atoms with Crippen molar-refractivity contribution in [2.75, 3.05) is 7.11 Å². The molecule has 0 spiro atoms. The van der Waals surface area contributed by atoms with Gasteiger partial charge in [0.15, 0.2) is 0 Å². The van der Waals surface area contributed by atoms with Crippen LogP contribution in [0.25, 0.3) is 5.69 Å². The highest BCUT2D eigenvalue weighted by Crippen LogP contribution is 2.23. The number of aromatic nitrogens is 2. The fraction of sp³-hybridized carbons (Fsp3) is 0.308. The minimum Gasteiger partial charge on any atom is -0.497 e. The van der Waals surface area contributed by atoms with Crippen molar-refractivity contribution in [3.05, 3.63) is 42.0 Å². The van der Waals surface area contributed by atoms with Gasteiger partial charge < -0.3 is 15.0 Å². The Bertz CT molecular complexity index is 517. The lowest BCUT2D eigenvalue weighted by Crippen LogP contribution is -2.11. The van der Waals surface area contributed by atoms with E-state index >= 15 is 0 Å². The molecule has 0 saturated carbocycles. The number of rotatable bonds is 3. The Morgan fingerprint density at radius 2 is 2.18 bits per heavy atom. The molecule has 4 nitrogen and oxygen atoms in total. The van der Waals surface area contributed by atoms with Crippen molar-refractivity contribution in [3.63, 3.8) is 0 Å². The van der Waals surface area contributed by atoms with Crippen LogP contribution in [0.5, 0.6) is 5.75 Å². The Hall–Kier alpha value is -1.81. The third kappa shape index (κ3) is 2.17. The summed E-state index contributed by atoms with van der Waals surface area (Å²) in [5.41, 5.74) is 9.12. The van der Waals surface area contributed by atoms with Gasteiger partial charge in [-0.05, 0) is 25.5 Å². The van der Waals surface area contributed by atoms with Crippen molar-refractivity contribution in [1.29, 1.82) is 0 Å². The standard InChI is InChI=1S/C13H17N3O/c1-9-4-5-11(17-3)6-12(9)16-8-15-7-13(16)10(2)14/h4-8,10H,14H2,1-3H3/t10-/m1/s1. The number of hydrogen-bond donors (Lipinski definition) is 1. The normalized spacial score (nSPS) is 12.5. The van der Waals surface area contributed by atoms with Crippen molar-refractivity contribution in [2.45, 2.75) is 19.9 Å². The third-order valence-electron chi connectivity index (χ3n) is 2.81. The van der Waals surface area contributed by atoms with E-state index in [0.29, 0.717) is 0 Å². The van der Waals surface area contributed by atoms with Crippen molar-refractivity contribution >= 4 is 0 Å². The Morgan fingerprint density at radius 1 is 1.41 bits per heavy atom. The van der Waals surface area contributed by atoms with Crippen LogP contribution in [-0.2, 0) is 0 Å². The van der Waals surface area contributed by atoms with E-state index in [1.807, 2.05) is 29.7 Å². The summed E-state index contributed by atoms with van der Waals surface area (Å²) in [6.07, 6.45) is 3.57. The molecule has 2 rings (SSSR count). The van der Waals surface area contributed by atoms with Crippen LogP contribution < -0.4 is 10.5 Å². The van der Waals surface area contributed by atoms with E-state index in [1.54, 1.807) is 19.6 Å². The van der Waals surface area contributed by atoms with Gasteiger partial charge in [0.25, 0.3) is 0 Å². The fourth-order valence-electron chi connectivity index (χ4n) is 1.82. The summed E-state index contributed by atoms with van der Waals surface area (Å²) in [5.74, 6) is 0.829. The molecule has 0 aliphatic heterocycles. The van der Waals surface area contributed by atoms with Gasteiger partial charge in [-0.25, -0.2) is 4.98 Å². The molecule has 0 aliphatic carbocycles. The van der Waals surface area contributed by atoms with Crippen molar-refractivity contribution in [3.8, 4) is 11.4 Å². The first-order valence-electron chi connectivity index (χ1n) is 5.56. The highest BCUT2D eigenvalue weighted by molar-refractivity contribution is 5.47. The summed E-state index contributed by atoms with van der Waals surface area (Å²) < 4.78 is 7.25. The molecular formula is C13H17N3O. The number of ether oxygens (including phenoxy) is 1. The van der Waals surface area contributed by atoms with Crippen LogP contribution in [0.4, 0.5) is 0 Å². The molecule has 17 heavy (non-hydrogen) atoms. The Kier molecular flexibility index (Phi) is 3.15. The zero-order valence-corrected chi connectivity index (χ0v) is 10.3. The lowest BCUT2D eigenvalue weighted by Gasteiger charge is -2.14. The third-order valence-corrected chi connectivity index (χ3v) is 2.81. The Balaban J connectivity index is 2.55. The number of nitrogens with two attached hydrogens (primary N) is 1. The van der Waals surface area contributed by atoms with Gasteiger partial charge in [-0.1, -0.05) is 6.07 Å². The molecular weight excluding hydrogens is 214 g/mol. The summed E-state index contributed by atoms with van der Waals surface area (Å²) >= 11 is 0. The number of methoxy groups -OCH3 is 1. The molecule has 1 aromatic carbocycles. The maximum absolute atomic E-state index is 5.92. The van der Waals surface area contributed by atoms with E-state index in [4.69, 9.17) is 10.5 Å². The number of imidazole rings is 1. The van der Waals surface area contributed by atoms with Gasteiger partial charge in [-0.15, -0.1) is 0 Å². The SMILES string of the molecule is COc1ccc(C)c(-n2cncc2[C@@H](C)N)c1. The molecule has 1 atom stereocenters. The molecule has 0 saturated heterocycles. The maximum atomic E-state index is 5.92. The molecule has 4 heteroatoms. The Labute approximate surface area is 101 Å². The second-order valence-electron chi connectivity index (χ2n) is 4.13. The summed E-state index contributed by atoms with van der Waals surface area (Å²) in [7, 11) is 1.66. The molecule has 0 radical (unpaired) electrons. The molecule has 0 amide bonds. The molecule has 0 aliphatic rings. The summed E-state index contributed by atoms with van der Waals surface area (Å²) in [6.45, 7) is 4.00. The van der Waals surface area contributed by atoms with E-state index in [0.717, 1.165) is 22.7 Å². The first kappa shape index (κ1) is 11.7. The zero-order chi connectivity index (χ0) is 12.4. The average molecular weight is 231 g/mol. The van der Waals surface area contributed by atoms with E-state index in [9.17, 15) is 0 Å². The van der Waals surface area contributed by atoms with Gasteiger partial charge >= 0.3 is 0 Å². The number of nitrogens with zero attached hydrogens (tertiary/aromatic N) is 2. The van der Waals surface area contributed by atoms with Crippen LogP contribution in [0.3, 0.4) is 0 Å². The van der Waals surface area contributed by atoms with Crippen molar-refractivity contribution in [2.24, 2.45) is 5.73 Å². The first-order valence-corrected chi connectivity index (χ1v) is 5.56. The Morgan fingerprint density at radius 3 is 2.82 bits per heavy atom. The lowest BCUT2D eigenvalue weighted by molar-refractivity contribution is 0.414. The van der Waals surface area contributed by atoms with Crippen LogP contribution in [0, 0.1) is 6.92 Å². The van der Waals surface area contributed by atoms with Crippen molar-refractivity contribution in [1.82, 2.24) is 9.55 Å². The molecule has 0 fully saturated rings. The average Bonchev–Trinajstić information content (AvgIpc) is 2.78. The van der Waals surface area contributed by atoms with E-state index < -0.39 is 0 Å². The van der Waals surface area contributed by atoms with Gasteiger partial charge in [-0.3, -0.25) is 0 Å². The highest BCUT2D eigenvalue weighted by atomic mass is 16.5. The van der Waals surface area contributed by atoms with Crippen molar-refractivity contribution < 1.29 is 4.74 Å². The molecule has 90 valence electrons. The molecule has 2 N–H and O–H groups in total. The highest BCUT2D eigenvalue weighted by Gasteiger charge is 2.10. The molecule has 1 heterocycles. The summed E-state index contributed by atoms with van der Waals surface area (Å²) in [6, 6.07) is 5.91. The largest absolute Gasteiger partial charge is 0.497 e. The van der Waals surface area contributed by atoms with Gasteiger partial charge in [-0.2, -0.15) is 0 Å². The van der Waals surface area contributed by atoms with Gasteiger partial charge in [0.1, 0.15) is 5.75 Å². The minimum atomic E-state index is -0.0527. The van der Waals surface area contributed by atoms with E-state index in [-0.39, 0.29) is 6.04 Å². The minimum absolute atomic E-state index is 0.0527. The summed E-state index contributed by atoms with van der Waals surface area (Å²) in [5, 5.41) is 0. The number of benzene rings is 1. The van der Waals surface area contributed by atoms with E-state index in [2.05, 4.69) is 11.9 Å². The van der Waals surface area contributed by atoms with Gasteiger partial charge in [0, 0.05) is 12.1 Å². The lowest BCUT2D eigenvalue weighted by atomic mass is 10.1.